The molecular formula is C7H12F3O. The first kappa shape index (κ1) is 10.8. The summed E-state index contributed by atoms with van der Waals surface area (Å²) in [6.45, 7) is 5.17. The molecule has 0 aromatic heterocycles. The van der Waals surface area contributed by atoms with Crippen molar-refractivity contribution in [2.24, 2.45) is 0 Å². The summed E-state index contributed by atoms with van der Waals surface area (Å²) in [5, 5.41) is 0. The minimum Gasteiger partial charge on any atom is -0.289 e. The molecule has 1 unspecified atom stereocenters. The summed E-state index contributed by atoms with van der Waals surface area (Å²) in [6.07, 6.45) is -4.05. The molecule has 1 radical (unpaired) electrons. The highest BCUT2D eigenvalue weighted by atomic mass is 19.4. The molecule has 0 fully saturated rings. The first-order valence-corrected chi connectivity index (χ1v) is 3.53. The van der Waals surface area contributed by atoms with E-state index in [1.165, 1.54) is 0 Å². The van der Waals surface area contributed by atoms with Crippen LogP contribution >= 0.6 is 0 Å². The lowest BCUT2D eigenvalue weighted by Gasteiger charge is -2.16. The molecule has 0 N–H and O–H groups in total. The largest absolute Gasteiger partial charge is 0.522 e. The van der Waals surface area contributed by atoms with Gasteiger partial charge in [-0.05, 0) is 12.8 Å². The first-order valence-electron chi connectivity index (χ1n) is 3.53. The van der Waals surface area contributed by atoms with Crippen LogP contribution in [-0.2, 0) is 4.74 Å². The summed E-state index contributed by atoms with van der Waals surface area (Å²) < 4.78 is 38.5. The SMILES string of the molecule is [CH2]CC(CCC)OC(F)(F)F. The van der Waals surface area contributed by atoms with Crippen LogP contribution in [0.1, 0.15) is 26.2 Å². The van der Waals surface area contributed by atoms with Crippen LogP contribution in [0.5, 0.6) is 0 Å². The molecule has 0 aliphatic carbocycles. The van der Waals surface area contributed by atoms with Crippen molar-refractivity contribution in [3.63, 3.8) is 0 Å². The normalized spacial score (nSPS) is 15.0. The second kappa shape index (κ2) is 4.59. The Bertz CT molecular complexity index is 100. The fourth-order valence-electron chi connectivity index (χ4n) is 0.773. The Balaban J connectivity index is 3.68. The average molecular weight is 169 g/mol. The number of rotatable bonds is 4. The lowest BCUT2D eigenvalue weighted by atomic mass is 10.2. The van der Waals surface area contributed by atoms with E-state index in [0.717, 1.165) is 0 Å². The van der Waals surface area contributed by atoms with Crippen LogP contribution in [0.2, 0.25) is 0 Å². The summed E-state index contributed by atoms with van der Waals surface area (Å²) in [7, 11) is 0. The number of hydrogen-bond donors (Lipinski definition) is 0. The predicted octanol–water partition coefficient (Wildman–Crippen LogP) is 2.92. The molecule has 0 aliphatic heterocycles. The third-order valence-corrected chi connectivity index (χ3v) is 1.23. The Labute approximate surface area is 64.5 Å². The maximum Gasteiger partial charge on any atom is 0.522 e. The Morgan fingerprint density at radius 2 is 2.00 bits per heavy atom. The molecule has 0 amide bonds. The first-order chi connectivity index (χ1) is 4.99. The van der Waals surface area contributed by atoms with Crippen molar-refractivity contribution in [2.45, 2.75) is 38.7 Å². The topological polar surface area (TPSA) is 9.23 Å². The van der Waals surface area contributed by atoms with Gasteiger partial charge in [-0.2, -0.15) is 0 Å². The van der Waals surface area contributed by atoms with Gasteiger partial charge in [0.1, 0.15) is 0 Å². The Kier molecular flexibility index (Phi) is 4.49. The monoisotopic (exact) mass is 169 g/mol. The van der Waals surface area contributed by atoms with Crippen LogP contribution in [0.15, 0.2) is 0 Å². The second-order valence-corrected chi connectivity index (χ2v) is 2.26. The van der Waals surface area contributed by atoms with Crippen molar-refractivity contribution in [3.8, 4) is 0 Å². The van der Waals surface area contributed by atoms with E-state index in [2.05, 4.69) is 11.7 Å². The molecule has 0 aliphatic rings. The van der Waals surface area contributed by atoms with Gasteiger partial charge in [0.15, 0.2) is 0 Å². The van der Waals surface area contributed by atoms with Gasteiger partial charge in [-0.25, -0.2) is 0 Å². The van der Waals surface area contributed by atoms with Crippen LogP contribution < -0.4 is 0 Å². The fourth-order valence-corrected chi connectivity index (χ4v) is 0.773. The number of ether oxygens (including phenoxy) is 1. The van der Waals surface area contributed by atoms with E-state index in [1.54, 1.807) is 0 Å². The second-order valence-electron chi connectivity index (χ2n) is 2.26. The van der Waals surface area contributed by atoms with Crippen LogP contribution in [0.4, 0.5) is 13.2 Å². The number of halogens is 3. The summed E-state index contributed by atoms with van der Waals surface area (Å²) in [4.78, 5) is 0. The van der Waals surface area contributed by atoms with Gasteiger partial charge in [0, 0.05) is 0 Å². The van der Waals surface area contributed by atoms with E-state index in [1.807, 2.05) is 6.92 Å². The van der Waals surface area contributed by atoms with Gasteiger partial charge in [0.25, 0.3) is 0 Å². The van der Waals surface area contributed by atoms with Gasteiger partial charge >= 0.3 is 6.36 Å². The number of alkyl halides is 3. The van der Waals surface area contributed by atoms with E-state index in [-0.39, 0.29) is 6.42 Å². The predicted molar refractivity (Wildman–Crippen MR) is 35.8 cm³/mol. The zero-order valence-corrected chi connectivity index (χ0v) is 6.45. The molecule has 67 valence electrons. The van der Waals surface area contributed by atoms with Gasteiger partial charge in [0.05, 0.1) is 6.10 Å². The van der Waals surface area contributed by atoms with E-state index in [4.69, 9.17) is 0 Å². The summed E-state index contributed by atoms with van der Waals surface area (Å²) in [6, 6.07) is 0. The lowest BCUT2D eigenvalue weighted by molar-refractivity contribution is -0.342. The van der Waals surface area contributed by atoms with Crippen LogP contribution in [0.3, 0.4) is 0 Å². The highest BCUT2D eigenvalue weighted by molar-refractivity contribution is 4.58. The third-order valence-electron chi connectivity index (χ3n) is 1.23. The number of hydrogen-bond acceptors (Lipinski definition) is 1. The lowest BCUT2D eigenvalue weighted by Crippen LogP contribution is -2.23. The van der Waals surface area contributed by atoms with Gasteiger partial charge in [-0.3, -0.25) is 4.74 Å². The van der Waals surface area contributed by atoms with Crippen LogP contribution in [-0.4, -0.2) is 12.5 Å². The van der Waals surface area contributed by atoms with Crippen molar-refractivity contribution < 1.29 is 17.9 Å². The standard InChI is InChI=1S/C7H12F3O/c1-3-5-6(4-2)11-7(8,9)10/h6H,2-5H2,1H3. The van der Waals surface area contributed by atoms with E-state index in [0.29, 0.717) is 12.8 Å². The molecular weight excluding hydrogens is 157 g/mol. The van der Waals surface area contributed by atoms with Crippen molar-refractivity contribution in [1.82, 2.24) is 0 Å². The molecule has 1 atom stereocenters. The summed E-state index contributed by atoms with van der Waals surface area (Å²) in [5.74, 6) is 0. The summed E-state index contributed by atoms with van der Waals surface area (Å²) in [5.41, 5.74) is 0. The zero-order chi connectivity index (χ0) is 8.91. The van der Waals surface area contributed by atoms with Crippen LogP contribution in [0, 0.1) is 6.92 Å². The maximum absolute atomic E-state index is 11.6. The molecule has 0 rings (SSSR count). The molecule has 0 saturated heterocycles. The van der Waals surface area contributed by atoms with E-state index >= 15 is 0 Å². The molecule has 0 bridgehead atoms. The Hall–Kier alpha value is -0.250. The quantitative estimate of drug-likeness (QED) is 0.628. The van der Waals surface area contributed by atoms with Gasteiger partial charge < -0.3 is 0 Å². The van der Waals surface area contributed by atoms with Crippen molar-refractivity contribution in [2.75, 3.05) is 0 Å². The van der Waals surface area contributed by atoms with Crippen LogP contribution in [0.25, 0.3) is 0 Å². The molecule has 4 heteroatoms. The van der Waals surface area contributed by atoms with Gasteiger partial charge in [-0.1, -0.05) is 20.3 Å². The smallest absolute Gasteiger partial charge is 0.289 e. The molecule has 0 spiro atoms. The van der Waals surface area contributed by atoms with Crippen molar-refractivity contribution >= 4 is 0 Å². The molecule has 0 saturated carbocycles. The van der Waals surface area contributed by atoms with Gasteiger partial charge in [0.2, 0.25) is 0 Å². The molecule has 11 heavy (non-hydrogen) atoms. The fraction of sp³-hybridized carbons (Fsp3) is 0.857. The van der Waals surface area contributed by atoms with E-state index < -0.39 is 12.5 Å². The summed E-state index contributed by atoms with van der Waals surface area (Å²) >= 11 is 0. The van der Waals surface area contributed by atoms with Crippen molar-refractivity contribution in [3.05, 3.63) is 6.92 Å². The zero-order valence-electron chi connectivity index (χ0n) is 6.45. The minimum absolute atomic E-state index is 0.160. The Morgan fingerprint density at radius 1 is 1.45 bits per heavy atom. The van der Waals surface area contributed by atoms with E-state index in [9.17, 15) is 13.2 Å². The molecule has 0 heterocycles. The highest BCUT2D eigenvalue weighted by Crippen LogP contribution is 2.21. The average Bonchev–Trinajstić information content (AvgIpc) is 1.84. The minimum atomic E-state index is -4.52. The molecule has 0 aromatic rings. The third kappa shape index (κ3) is 6.16. The molecule has 0 aromatic carbocycles. The van der Waals surface area contributed by atoms with Crippen molar-refractivity contribution in [1.29, 1.82) is 0 Å². The molecule has 1 nitrogen and oxygen atoms in total. The maximum atomic E-state index is 11.6. The van der Waals surface area contributed by atoms with Gasteiger partial charge in [-0.15, -0.1) is 13.2 Å². The highest BCUT2D eigenvalue weighted by Gasteiger charge is 2.32. The Morgan fingerprint density at radius 3 is 2.27 bits per heavy atom.